The second-order valence-corrected chi connectivity index (χ2v) is 6.74. The van der Waals surface area contributed by atoms with Crippen LogP contribution in [-0.2, 0) is 0 Å². The lowest BCUT2D eigenvalue weighted by Crippen LogP contribution is -2.23. The fourth-order valence-corrected chi connectivity index (χ4v) is 2.93. The molecule has 4 nitrogen and oxygen atoms in total. The number of allylic oxidation sites excluding steroid dienone is 1. The van der Waals surface area contributed by atoms with Gasteiger partial charge in [0, 0.05) is 16.1 Å². The van der Waals surface area contributed by atoms with Gasteiger partial charge in [-0.2, -0.15) is 0 Å². The quantitative estimate of drug-likeness (QED) is 0.566. The summed E-state index contributed by atoms with van der Waals surface area (Å²) >= 11 is 6.25. The monoisotopic (exact) mass is 392 g/mol. The summed E-state index contributed by atoms with van der Waals surface area (Å²) in [6.07, 6.45) is 2.00. The zero-order valence-electron chi connectivity index (χ0n) is 15.6. The number of ether oxygens (including phenoxy) is 1. The lowest BCUT2D eigenvalue weighted by molar-refractivity contribution is -0.255. The molecule has 3 aromatic rings. The zero-order valence-corrected chi connectivity index (χ0v) is 16.4. The number of benzene rings is 2. The Bertz CT molecular complexity index is 1040. The molecule has 0 fully saturated rings. The van der Waals surface area contributed by atoms with Crippen LogP contribution in [0.15, 0.2) is 72.3 Å². The number of carboxylic acid groups (broad SMARTS) is 1. The molecule has 5 heteroatoms. The van der Waals surface area contributed by atoms with Crippen molar-refractivity contribution in [3.05, 3.63) is 83.0 Å². The topological polar surface area (TPSA) is 62.2 Å². The van der Waals surface area contributed by atoms with Gasteiger partial charge < -0.3 is 14.6 Å². The second-order valence-electron chi connectivity index (χ2n) is 6.31. The van der Waals surface area contributed by atoms with Crippen LogP contribution in [0.4, 0.5) is 0 Å². The fourth-order valence-electron chi connectivity index (χ4n) is 2.75. The van der Waals surface area contributed by atoms with Crippen molar-refractivity contribution in [1.82, 2.24) is 4.98 Å². The number of carbonyl (C=O) groups is 1. The summed E-state index contributed by atoms with van der Waals surface area (Å²) < 4.78 is 6.00. The molecule has 0 radical (unpaired) electrons. The van der Waals surface area contributed by atoms with Crippen molar-refractivity contribution >= 4 is 17.6 Å². The van der Waals surface area contributed by atoms with E-state index < -0.39 is 5.97 Å². The first-order valence-electron chi connectivity index (χ1n) is 8.82. The Labute approximate surface area is 169 Å². The predicted molar refractivity (Wildman–Crippen MR) is 109 cm³/mol. The van der Waals surface area contributed by atoms with Crippen LogP contribution in [0.5, 0.6) is 5.75 Å². The number of hydrogen-bond donors (Lipinski definition) is 0. The van der Waals surface area contributed by atoms with Gasteiger partial charge in [-0.3, -0.25) is 0 Å². The van der Waals surface area contributed by atoms with Crippen molar-refractivity contribution in [3.8, 4) is 28.1 Å². The highest BCUT2D eigenvalue weighted by Crippen LogP contribution is 2.38. The van der Waals surface area contributed by atoms with Gasteiger partial charge in [0.05, 0.1) is 17.4 Å². The number of hydrogen-bond acceptors (Lipinski definition) is 4. The molecule has 0 saturated heterocycles. The SMILES string of the molecule is C/C=C(\C)COc1ccc(Cl)cc1-c1ccccc1-c1cccc(C(=O)[O-])n1. The molecule has 2 aromatic carbocycles. The summed E-state index contributed by atoms with van der Waals surface area (Å²) in [5.74, 6) is -0.623. The maximum Gasteiger partial charge on any atom is 0.127 e. The van der Waals surface area contributed by atoms with Crippen molar-refractivity contribution in [1.29, 1.82) is 0 Å². The summed E-state index contributed by atoms with van der Waals surface area (Å²) in [6.45, 7) is 4.43. The van der Waals surface area contributed by atoms with Crippen LogP contribution >= 0.6 is 11.6 Å². The van der Waals surface area contributed by atoms with Crippen LogP contribution < -0.4 is 9.84 Å². The molecule has 0 N–H and O–H groups in total. The molecule has 0 aliphatic carbocycles. The van der Waals surface area contributed by atoms with E-state index in [1.165, 1.54) is 6.07 Å². The summed E-state index contributed by atoms with van der Waals surface area (Å²) in [6, 6.07) is 17.9. The first kappa shape index (κ1) is 19.6. The van der Waals surface area contributed by atoms with Gasteiger partial charge in [-0.1, -0.05) is 48.0 Å². The average Bonchev–Trinajstić information content (AvgIpc) is 2.72. The minimum atomic E-state index is -1.31. The Morgan fingerprint density at radius 1 is 1.07 bits per heavy atom. The molecule has 1 aromatic heterocycles. The molecule has 0 aliphatic rings. The third kappa shape index (κ3) is 4.41. The van der Waals surface area contributed by atoms with Gasteiger partial charge in [0.25, 0.3) is 0 Å². The minimum absolute atomic E-state index is 0.112. The summed E-state index contributed by atoms with van der Waals surface area (Å²) in [5, 5.41) is 11.8. The molecular formula is C23H19ClNO3-. The number of carboxylic acids is 1. The minimum Gasteiger partial charge on any atom is -0.543 e. The number of aromatic carboxylic acids is 1. The van der Waals surface area contributed by atoms with Crippen LogP contribution in [0, 0.1) is 0 Å². The third-order valence-electron chi connectivity index (χ3n) is 4.34. The highest BCUT2D eigenvalue weighted by Gasteiger charge is 2.14. The highest BCUT2D eigenvalue weighted by molar-refractivity contribution is 6.31. The van der Waals surface area contributed by atoms with Crippen LogP contribution in [-0.4, -0.2) is 17.6 Å². The van der Waals surface area contributed by atoms with Gasteiger partial charge in [-0.05, 0) is 55.3 Å². The van der Waals surface area contributed by atoms with Crippen LogP contribution in [0.3, 0.4) is 0 Å². The van der Waals surface area contributed by atoms with Crippen LogP contribution in [0.1, 0.15) is 24.3 Å². The smallest absolute Gasteiger partial charge is 0.127 e. The molecular weight excluding hydrogens is 374 g/mol. The Kier molecular flexibility index (Phi) is 6.12. The van der Waals surface area contributed by atoms with E-state index in [1.807, 2.05) is 56.3 Å². The van der Waals surface area contributed by atoms with Gasteiger partial charge in [-0.15, -0.1) is 0 Å². The van der Waals surface area contributed by atoms with Crippen molar-refractivity contribution in [2.24, 2.45) is 0 Å². The van der Waals surface area contributed by atoms with Crippen molar-refractivity contribution < 1.29 is 14.6 Å². The average molecular weight is 393 g/mol. The molecule has 0 spiro atoms. The molecule has 0 saturated carbocycles. The Morgan fingerprint density at radius 3 is 2.54 bits per heavy atom. The summed E-state index contributed by atoms with van der Waals surface area (Å²) in [7, 11) is 0. The second kappa shape index (κ2) is 8.72. The number of rotatable bonds is 6. The van der Waals surface area contributed by atoms with Gasteiger partial charge in [0.15, 0.2) is 0 Å². The van der Waals surface area contributed by atoms with Crippen molar-refractivity contribution in [3.63, 3.8) is 0 Å². The molecule has 3 rings (SSSR count). The van der Waals surface area contributed by atoms with E-state index in [1.54, 1.807) is 18.2 Å². The molecule has 0 amide bonds. The molecule has 1 heterocycles. The van der Waals surface area contributed by atoms with E-state index in [4.69, 9.17) is 16.3 Å². The highest BCUT2D eigenvalue weighted by atomic mass is 35.5. The van der Waals surface area contributed by atoms with Crippen LogP contribution in [0.25, 0.3) is 22.4 Å². The number of nitrogens with zero attached hydrogens (tertiary/aromatic N) is 1. The largest absolute Gasteiger partial charge is 0.543 e. The van der Waals surface area contributed by atoms with Crippen molar-refractivity contribution in [2.45, 2.75) is 13.8 Å². The number of halogens is 1. The molecule has 0 unspecified atom stereocenters. The molecule has 0 atom stereocenters. The van der Waals surface area contributed by atoms with Crippen LogP contribution in [0.2, 0.25) is 5.02 Å². The van der Waals surface area contributed by atoms with Crippen molar-refractivity contribution in [2.75, 3.05) is 6.61 Å². The Hall–Kier alpha value is -3.11. The van der Waals surface area contributed by atoms with Gasteiger partial charge >= 0.3 is 0 Å². The third-order valence-corrected chi connectivity index (χ3v) is 4.58. The normalized spacial score (nSPS) is 11.3. The van der Waals surface area contributed by atoms with E-state index >= 15 is 0 Å². The van der Waals surface area contributed by atoms with Gasteiger partial charge in [-0.25, -0.2) is 4.98 Å². The van der Waals surface area contributed by atoms with E-state index in [2.05, 4.69) is 4.98 Å². The molecule has 0 aliphatic heterocycles. The lowest BCUT2D eigenvalue weighted by Gasteiger charge is -2.16. The molecule has 142 valence electrons. The first-order valence-corrected chi connectivity index (χ1v) is 9.19. The number of carbonyl (C=O) groups excluding carboxylic acids is 1. The van der Waals surface area contributed by atoms with E-state index in [9.17, 15) is 9.90 Å². The predicted octanol–water partition coefficient (Wildman–Crippen LogP) is 4.78. The molecule has 28 heavy (non-hydrogen) atoms. The maximum atomic E-state index is 11.2. The summed E-state index contributed by atoms with van der Waals surface area (Å²) in [4.78, 5) is 15.4. The van der Waals surface area contributed by atoms with Gasteiger partial charge in [0.2, 0.25) is 0 Å². The van der Waals surface area contributed by atoms with E-state index in [0.717, 1.165) is 22.3 Å². The fraction of sp³-hybridized carbons (Fsp3) is 0.130. The number of aromatic nitrogens is 1. The van der Waals surface area contributed by atoms with Gasteiger partial charge in [0.1, 0.15) is 12.4 Å². The van der Waals surface area contributed by atoms with E-state index in [0.29, 0.717) is 23.1 Å². The Morgan fingerprint density at radius 2 is 1.82 bits per heavy atom. The zero-order chi connectivity index (χ0) is 20.1. The molecule has 0 bridgehead atoms. The van der Waals surface area contributed by atoms with E-state index in [-0.39, 0.29) is 5.69 Å². The lowest BCUT2D eigenvalue weighted by atomic mass is 9.96. The number of pyridine rings is 1. The maximum absolute atomic E-state index is 11.2. The first-order chi connectivity index (χ1) is 13.5. The summed E-state index contributed by atoms with van der Waals surface area (Å²) in [5.41, 5.74) is 3.97. The Balaban J connectivity index is 2.12. The standard InChI is InChI=1S/C23H20ClNO3/c1-3-15(2)14-28-22-12-11-16(24)13-19(22)17-7-4-5-8-18(17)20-9-6-10-21(25-20)23(26)27/h3-13H,14H2,1-2H3,(H,26,27)/p-1/b15-3+.